The minimum absolute atomic E-state index is 0. The summed E-state index contributed by atoms with van der Waals surface area (Å²) < 4.78 is 27.8. The summed E-state index contributed by atoms with van der Waals surface area (Å²) >= 11 is 0. The number of hydrogen-bond donors (Lipinski definition) is 0. The van der Waals surface area contributed by atoms with Crippen molar-refractivity contribution in [3.05, 3.63) is 54.6 Å². The molecule has 0 unspecified atom stereocenters. The van der Waals surface area contributed by atoms with Gasteiger partial charge in [-0.05, 0) is 30.7 Å². The molecule has 0 atom stereocenters. The smallest absolute Gasteiger partial charge is 0.265 e. The van der Waals surface area contributed by atoms with Gasteiger partial charge >= 0.3 is 0 Å². The molecule has 26 heavy (non-hydrogen) atoms. The van der Waals surface area contributed by atoms with Gasteiger partial charge in [-0.2, -0.15) is 0 Å². The molecule has 1 aliphatic rings. The molecule has 0 aliphatic carbocycles. The predicted molar refractivity (Wildman–Crippen MR) is 106 cm³/mol. The molecule has 0 bridgehead atoms. The zero-order chi connectivity index (χ0) is 17.4. The van der Waals surface area contributed by atoms with E-state index < -0.39 is 10.0 Å². The number of sulfonamides is 1. The SMILES string of the molecule is CN1CCCN(S(=O)(=O)c2ccccc2)c2nc3ccccc3nc21.Cl. The summed E-state index contributed by atoms with van der Waals surface area (Å²) in [6.45, 7) is 1.10. The number of fused-ring (bicyclic) bond motifs is 2. The predicted octanol–water partition coefficient (Wildman–Crippen LogP) is 3.09. The Balaban J connectivity index is 0.00000196. The van der Waals surface area contributed by atoms with Gasteiger partial charge in [0.2, 0.25) is 0 Å². The van der Waals surface area contributed by atoms with Gasteiger partial charge in [-0.1, -0.05) is 30.3 Å². The van der Waals surface area contributed by atoms with Crippen molar-refractivity contribution in [2.75, 3.05) is 29.3 Å². The van der Waals surface area contributed by atoms with Crippen molar-refractivity contribution in [2.45, 2.75) is 11.3 Å². The second-order valence-electron chi connectivity index (χ2n) is 6.02. The molecule has 3 aromatic rings. The molecular formula is C18H19ClN4O2S. The number of anilines is 2. The van der Waals surface area contributed by atoms with Gasteiger partial charge in [0.05, 0.1) is 15.9 Å². The summed E-state index contributed by atoms with van der Waals surface area (Å²) in [4.78, 5) is 11.5. The maximum atomic E-state index is 13.2. The quantitative estimate of drug-likeness (QED) is 0.672. The fourth-order valence-electron chi connectivity index (χ4n) is 3.02. The van der Waals surface area contributed by atoms with Crippen LogP contribution < -0.4 is 9.21 Å². The third-order valence-corrected chi connectivity index (χ3v) is 6.12. The highest BCUT2D eigenvalue weighted by Gasteiger charge is 2.31. The highest BCUT2D eigenvalue weighted by molar-refractivity contribution is 7.92. The Labute approximate surface area is 158 Å². The number of aromatic nitrogens is 2. The number of halogens is 1. The molecule has 136 valence electrons. The van der Waals surface area contributed by atoms with Gasteiger partial charge in [-0.25, -0.2) is 22.7 Å². The number of nitrogens with zero attached hydrogens (tertiary/aromatic N) is 4. The van der Waals surface area contributed by atoms with Crippen LogP contribution in [-0.2, 0) is 10.0 Å². The zero-order valence-electron chi connectivity index (χ0n) is 14.2. The second-order valence-corrected chi connectivity index (χ2v) is 7.89. The molecule has 6 nitrogen and oxygen atoms in total. The van der Waals surface area contributed by atoms with Gasteiger partial charge in [-0.15, -0.1) is 12.4 Å². The largest absolute Gasteiger partial charge is 0.356 e. The monoisotopic (exact) mass is 390 g/mol. The normalized spacial score (nSPS) is 14.5. The van der Waals surface area contributed by atoms with Crippen molar-refractivity contribution >= 4 is 45.1 Å². The van der Waals surface area contributed by atoms with Crippen LogP contribution in [0.25, 0.3) is 11.0 Å². The first kappa shape index (κ1) is 18.4. The van der Waals surface area contributed by atoms with Crippen molar-refractivity contribution in [3.8, 4) is 0 Å². The molecule has 0 saturated heterocycles. The van der Waals surface area contributed by atoms with Gasteiger partial charge in [-0.3, -0.25) is 0 Å². The van der Waals surface area contributed by atoms with E-state index in [9.17, 15) is 8.42 Å². The first-order valence-electron chi connectivity index (χ1n) is 8.13. The molecule has 1 aromatic heterocycles. The van der Waals surface area contributed by atoms with E-state index >= 15 is 0 Å². The van der Waals surface area contributed by atoms with Crippen LogP contribution in [0.1, 0.15) is 6.42 Å². The molecule has 0 fully saturated rings. The van der Waals surface area contributed by atoms with Crippen molar-refractivity contribution in [3.63, 3.8) is 0 Å². The lowest BCUT2D eigenvalue weighted by molar-refractivity contribution is 0.589. The molecule has 0 amide bonds. The van der Waals surface area contributed by atoms with Crippen molar-refractivity contribution in [2.24, 2.45) is 0 Å². The number of benzene rings is 2. The zero-order valence-corrected chi connectivity index (χ0v) is 15.9. The number of rotatable bonds is 2. The standard InChI is InChI=1S/C18H18N4O2S.ClH/c1-21-12-7-13-22(25(23,24)14-8-3-2-4-9-14)18-17(21)19-15-10-5-6-11-16(15)20-18;/h2-6,8-11H,7,12-13H2,1H3;1H. The summed E-state index contributed by atoms with van der Waals surface area (Å²) in [6, 6.07) is 16.0. The van der Waals surface area contributed by atoms with E-state index in [1.54, 1.807) is 30.3 Å². The van der Waals surface area contributed by atoms with Gasteiger partial charge in [0, 0.05) is 20.1 Å². The van der Waals surface area contributed by atoms with Crippen molar-refractivity contribution in [1.82, 2.24) is 9.97 Å². The lowest BCUT2D eigenvalue weighted by Gasteiger charge is -2.24. The van der Waals surface area contributed by atoms with E-state index in [1.165, 1.54) is 4.31 Å². The molecule has 8 heteroatoms. The molecule has 0 N–H and O–H groups in total. The van der Waals surface area contributed by atoms with Gasteiger partial charge in [0.1, 0.15) is 0 Å². The molecule has 0 radical (unpaired) electrons. The Bertz CT molecular complexity index is 1030. The minimum atomic E-state index is -3.69. The van der Waals surface area contributed by atoms with Gasteiger partial charge in [0.15, 0.2) is 11.6 Å². The molecule has 0 saturated carbocycles. The summed E-state index contributed by atoms with van der Waals surface area (Å²) in [5, 5.41) is 0. The van der Waals surface area contributed by atoms with E-state index in [1.807, 2.05) is 36.2 Å². The second kappa shape index (κ2) is 7.09. The van der Waals surface area contributed by atoms with Crippen LogP contribution >= 0.6 is 12.4 Å². The van der Waals surface area contributed by atoms with Crippen LogP contribution in [0.2, 0.25) is 0 Å². The molecule has 1 aliphatic heterocycles. The summed E-state index contributed by atoms with van der Waals surface area (Å²) in [7, 11) is -1.77. The summed E-state index contributed by atoms with van der Waals surface area (Å²) in [5.74, 6) is 0.984. The third-order valence-electron chi connectivity index (χ3n) is 4.32. The molecule has 0 spiro atoms. The first-order chi connectivity index (χ1) is 12.1. The Morgan fingerprint density at radius 2 is 1.42 bits per heavy atom. The average molecular weight is 391 g/mol. The van der Waals surface area contributed by atoms with Crippen LogP contribution in [0.4, 0.5) is 11.6 Å². The fraction of sp³-hybridized carbons (Fsp3) is 0.222. The van der Waals surface area contributed by atoms with Crippen LogP contribution in [0.3, 0.4) is 0 Å². The molecule has 2 aromatic carbocycles. The summed E-state index contributed by atoms with van der Waals surface area (Å²) in [6.07, 6.45) is 0.705. The Morgan fingerprint density at radius 3 is 2.08 bits per heavy atom. The molecular weight excluding hydrogens is 372 g/mol. The number of para-hydroxylation sites is 2. The minimum Gasteiger partial charge on any atom is -0.356 e. The van der Waals surface area contributed by atoms with Crippen LogP contribution in [0.15, 0.2) is 59.5 Å². The highest BCUT2D eigenvalue weighted by atomic mass is 35.5. The Morgan fingerprint density at radius 1 is 0.846 bits per heavy atom. The van der Waals surface area contributed by atoms with Crippen molar-refractivity contribution < 1.29 is 8.42 Å². The van der Waals surface area contributed by atoms with Gasteiger partial charge < -0.3 is 4.90 Å². The lowest BCUT2D eigenvalue weighted by atomic mass is 10.3. The average Bonchev–Trinajstić information content (AvgIpc) is 2.80. The molecule has 4 rings (SSSR count). The van der Waals surface area contributed by atoms with Crippen LogP contribution in [0.5, 0.6) is 0 Å². The topological polar surface area (TPSA) is 66.4 Å². The van der Waals surface area contributed by atoms with Crippen molar-refractivity contribution in [1.29, 1.82) is 0 Å². The van der Waals surface area contributed by atoms with E-state index in [2.05, 4.69) is 9.97 Å². The lowest BCUT2D eigenvalue weighted by Crippen LogP contribution is -2.32. The maximum Gasteiger partial charge on any atom is 0.265 e. The first-order valence-corrected chi connectivity index (χ1v) is 9.57. The molecule has 2 heterocycles. The van der Waals surface area contributed by atoms with Gasteiger partial charge in [0.25, 0.3) is 10.0 Å². The fourth-order valence-corrected chi connectivity index (χ4v) is 4.50. The Hall–Kier alpha value is -2.38. The van der Waals surface area contributed by atoms with E-state index in [4.69, 9.17) is 0 Å². The van der Waals surface area contributed by atoms with E-state index in [0.717, 1.165) is 12.1 Å². The highest BCUT2D eigenvalue weighted by Crippen LogP contribution is 2.33. The summed E-state index contributed by atoms with van der Waals surface area (Å²) in [5.41, 5.74) is 1.44. The maximum absolute atomic E-state index is 13.2. The van der Waals surface area contributed by atoms with E-state index in [-0.39, 0.29) is 17.3 Å². The third kappa shape index (κ3) is 3.08. The van der Waals surface area contributed by atoms with E-state index in [0.29, 0.717) is 30.1 Å². The van der Waals surface area contributed by atoms with Crippen LogP contribution in [-0.4, -0.2) is 38.5 Å². The number of hydrogen-bond acceptors (Lipinski definition) is 5. The Kier molecular flexibility index (Phi) is 5.02. The van der Waals surface area contributed by atoms with Crippen LogP contribution in [0, 0.1) is 0 Å².